The fourth-order valence-electron chi connectivity index (χ4n) is 1.76. The summed E-state index contributed by atoms with van der Waals surface area (Å²) < 4.78 is 1.67. The van der Waals surface area contributed by atoms with E-state index in [-0.39, 0.29) is 0 Å². The molecule has 0 bridgehead atoms. The molecule has 0 saturated heterocycles. The minimum Gasteiger partial charge on any atom is -0.358 e. The normalized spacial score (nSPS) is 10.6. The summed E-state index contributed by atoms with van der Waals surface area (Å²) in [6.45, 7) is 6.05. The number of rotatable bonds is 5. The summed E-state index contributed by atoms with van der Waals surface area (Å²) in [5.74, 6) is 0. The Balaban J connectivity index is 2.14. The molecule has 0 saturated carbocycles. The fourth-order valence-corrected chi connectivity index (χ4v) is 2.21. The van der Waals surface area contributed by atoms with Crippen LogP contribution in [-0.2, 0) is 0 Å². The second-order valence-electron chi connectivity index (χ2n) is 4.41. The largest absolute Gasteiger partial charge is 0.358 e. The smallest absolute Gasteiger partial charge is 0.187 e. The molecule has 1 aromatic heterocycles. The molecule has 0 aliphatic carbocycles. The molecule has 0 fully saturated rings. The second-order valence-corrected chi connectivity index (χ2v) is 5.17. The van der Waals surface area contributed by atoms with E-state index in [1.807, 2.05) is 37.3 Å². The Morgan fingerprint density at radius 3 is 2.86 bits per heavy atom. The van der Waals surface area contributed by atoms with E-state index in [9.17, 15) is 0 Å². The molecular formula is C15H16ClN5S. The average molecular weight is 334 g/mol. The minimum absolute atomic E-state index is 0.417. The van der Waals surface area contributed by atoms with Crippen LogP contribution >= 0.6 is 23.8 Å². The van der Waals surface area contributed by atoms with Crippen molar-refractivity contribution in [2.24, 2.45) is 5.10 Å². The summed E-state index contributed by atoms with van der Waals surface area (Å²) in [6, 6.07) is 9.68. The Kier molecular flexibility index (Phi) is 5.68. The SMILES string of the molecule is C=CCNC(=S)N/N=C\c1c(C)nn(-c2ccccc2)c1Cl. The Hall–Kier alpha value is -2.18. The molecule has 2 N–H and O–H groups in total. The number of nitrogens with one attached hydrogen (secondary N) is 2. The third-order valence-corrected chi connectivity index (χ3v) is 3.41. The summed E-state index contributed by atoms with van der Waals surface area (Å²) in [5, 5.41) is 12.3. The van der Waals surface area contributed by atoms with Crippen molar-refractivity contribution in [3.8, 4) is 5.69 Å². The molecule has 1 heterocycles. The first-order valence-corrected chi connectivity index (χ1v) is 7.40. The van der Waals surface area contributed by atoms with Crippen LogP contribution in [0.2, 0.25) is 5.15 Å². The number of thiocarbonyl (C=S) groups is 1. The van der Waals surface area contributed by atoms with E-state index in [1.54, 1.807) is 17.0 Å². The quantitative estimate of drug-likeness (QED) is 0.382. The van der Waals surface area contributed by atoms with Crippen LogP contribution in [0.25, 0.3) is 5.69 Å². The van der Waals surface area contributed by atoms with Gasteiger partial charge in [-0.3, -0.25) is 5.43 Å². The second kappa shape index (κ2) is 7.72. The van der Waals surface area contributed by atoms with E-state index in [4.69, 9.17) is 23.8 Å². The van der Waals surface area contributed by atoms with E-state index >= 15 is 0 Å². The number of aryl methyl sites for hydroxylation is 1. The molecule has 0 spiro atoms. The average Bonchev–Trinajstić information content (AvgIpc) is 2.81. The van der Waals surface area contributed by atoms with Crippen LogP contribution in [0.4, 0.5) is 0 Å². The predicted molar refractivity (Wildman–Crippen MR) is 94.8 cm³/mol. The summed E-state index contributed by atoms with van der Waals surface area (Å²) >= 11 is 11.4. The van der Waals surface area contributed by atoms with E-state index < -0.39 is 0 Å². The minimum atomic E-state index is 0.417. The number of nitrogens with zero attached hydrogens (tertiary/aromatic N) is 3. The van der Waals surface area contributed by atoms with Crippen LogP contribution in [0, 0.1) is 6.92 Å². The monoisotopic (exact) mass is 333 g/mol. The van der Waals surface area contributed by atoms with Gasteiger partial charge in [0.15, 0.2) is 5.11 Å². The van der Waals surface area contributed by atoms with Gasteiger partial charge in [-0.25, -0.2) is 4.68 Å². The van der Waals surface area contributed by atoms with Crippen molar-refractivity contribution in [2.75, 3.05) is 6.54 Å². The summed E-state index contributed by atoms with van der Waals surface area (Å²) in [6.07, 6.45) is 3.31. The van der Waals surface area contributed by atoms with Crippen molar-refractivity contribution in [3.63, 3.8) is 0 Å². The number of hydrogen-bond donors (Lipinski definition) is 2. The maximum absolute atomic E-state index is 6.38. The molecule has 2 aromatic rings. The van der Waals surface area contributed by atoms with Crippen molar-refractivity contribution in [2.45, 2.75) is 6.92 Å². The van der Waals surface area contributed by atoms with Gasteiger partial charge in [-0.05, 0) is 31.3 Å². The third kappa shape index (κ3) is 3.93. The zero-order valence-corrected chi connectivity index (χ0v) is 13.7. The highest BCUT2D eigenvalue weighted by Crippen LogP contribution is 2.21. The molecule has 0 atom stereocenters. The van der Waals surface area contributed by atoms with Gasteiger partial charge in [0.25, 0.3) is 0 Å². The van der Waals surface area contributed by atoms with Gasteiger partial charge in [0, 0.05) is 6.54 Å². The maximum atomic E-state index is 6.38. The zero-order valence-electron chi connectivity index (χ0n) is 12.1. The van der Waals surface area contributed by atoms with Crippen molar-refractivity contribution in [3.05, 3.63) is 59.4 Å². The van der Waals surface area contributed by atoms with Crippen molar-refractivity contribution in [1.82, 2.24) is 20.5 Å². The predicted octanol–water partition coefficient (Wildman–Crippen LogP) is 2.82. The molecule has 7 heteroatoms. The van der Waals surface area contributed by atoms with Gasteiger partial charge in [0.1, 0.15) is 5.15 Å². The molecule has 2 rings (SSSR count). The molecule has 0 aliphatic heterocycles. The number of halogens is 1. The van der Waals surface area contributed by atoms with Crippen LogP contribution in [-0.4, -0.2) is 27.7 Å². The van der Waals surface area contributed by atoms with Crippen molar-refractivity contribution >= 4 is 35.1 Å². The first-order chi connectivity index (χ1) is 10.6. The molecule has 1 aromatic carbocycles. The van der Waals surface area contributed by atoms with Gasteiger partial charge in [-0.1, -0.05) is 35.9 Å². The van der Waals surface area contributed by atoms with Gasteiger partial charge >= 0.3 is 0 Å². The lowest BCUT2D eigenvalue weighted by Gasteiger charge is -2.03. The maximum Gasteiger partial charge on any atom is 0.187 e. The molecular weight excluding hydrogens is 318 g/mol. The molecule has 0 radical (unpaired) electrons. The first-order valence-electron chi connectivity index (χ1n) is 6.62. The molecule has 22 heavy (non-hydrogen) atoms. The third-order valence-electron chi connectivity index (χ3n) is 2.82. The number of para-hydroxylation sites is 1. The number of benzene rings is 1. The number of hydrogen-bond acceptors (Lipinski definition) is 3. The van der Waals surface area contributed by atoms with Gasteiger partial charge in [0.2, 0.25) is 0 Å². The molecule has 0 unspecified atom stereocenters. The van der Waals surface area contributed by atoms with Crippen LogP contribution < -0.4 is 10.7 Å². The molecule has 5 nitrogen and oxygen atoms in total. The lowest BCUT2D eigenvalue weighted by molar-refractivity contribution is 0.863. The lowest BCUT2D eigenvalue weighted by Crippen LogP contribution is -2.31. The van der Waals surface area contributed by atoms with E-state index in [0.717, 1.165) is 16.9 Å². The van der Waals surface area contributed by atoms with Crippen LogP contribution in [0.5, 0.6) is 0 Å². The van der Waals surface area contributed by atoms with Crippen LogP contribution in [0.1, 0.15) is 11.3 Å². The standard InChI is InChI=1S/C15H16ClN5S/c1-3-9-17-15(22)19-18-10-13-11(2)20-21(14(13)16)12-7-5-4-6-8-12/h3-8,10H,1,9H2,2H3,(H2,17,19,22)/b18-10-. The zero-order chi connectivity index (χ0) is 15.9. The first kappa shape index (κ1) is 16.2. The highest BCUT2D eigenvalue weighted by Gasteiger charge is 2.12. The van der Waals surface area contributed by atoms with Crippen molar-refractivity contribution in [1.29, 1.82) is 0 Å². The van der Waals surface area contributed by atoms with Crippen LogP contribution in [0.15, 0.2) is 48.1 Å². The molecule has 0 amide bonds. The summed E-state index contributed by atoms with van der Waals surface area (Å²) in [7, 11) is 0. The van der Waals surface area contributed by atoms with Crippen molar-refractivity contribution < 1.29 is 0 Å². The summed E-state index contributed by atoms with van der Waals surface area (Å²) in [5.41, 5.74) is 5.13. The number of aromatic nitrogens is 2. The topological polar surface area (TPSA) is 54.2 Å². The number of hydrazone groups is 1. The van der Waals surface area contributed by atoms with Gasteiger partial charge in [-0.15, -0.1) is 6.58 Å². The summed E-state index contributed by atoms with van der Waals surface area (Å²) in [4.78, 5) is 0. The van der Waals surface area contributed by atoms with E-state index in [2.05, 4.69) is 27.5 Å². The Morgan fingerprint density at radius 2 is 2.18 bits per heavy atom. The molecule has 0 aliphatic rings. The highest BCUT2D eigenvalue weighted by molar-refractivity contribution is 7.80. The Labute approximate surface area is 139 Å². The van der Waals surface area contributed by atoms with E-state index in [1.165, 1.54) is 0 Å². The van der Waals surface area contributed by atoms with Crippen LogP contribution in [0.3, 0.4) is 0 Å². The fraction of sp³-hybridized carbons (Fsp3) is 0.133. The Morgan fingerprint density at radius 1 is 1.45 bits per heavy atom. The Bertz CT molecular complexity index is 693. The van der Waals surface area contributed by atoms with Gasteiger partial charge < -0.3 is 5.32 Å². The highest BCUT2D eigenvalue weighted by atomic mass is 35.5. The lowest BCUT2D eigenvalue weighted by atomic mass is 10.3. The van der Waals surface area contributed by atoms with Gasteiger partial charge in [0.05, 0.1) is 23.2 Å². The molecule has 114 valence electrons. The van der Waals surface area contributed by atoms with E-state index in [0.29, 0.717) is 16.8 Å². The van der Waals surface area contributed by atoms with Gasteiger partial charge in [-0.2, -0.15) is 10.2 Å².